The zero-order valence-electron chi connectivity index (χ0n) is 10.3. The van der Waals surface area contributed by atoms with E-state index in [1.54, 1.807) is 6.33 Å². The highest BCUT2D eigenvalue weighted by Crippen LogP contribution is 2.27. The second-order valence-corrected chi connectivity index (χ2v) is 4.63. The molecule has 2 heterocycles. The summed E-state index contributed by atoms with van der Waals surface area (Å²) in [6, 6.07) is 4.60. The number of fused-ring (bicyclic) bond motifs is 1. The molecule has 2 N–H and O–H groups in total. The number of nitrogens with one attached hydrogen (secondary N) is 2. The van der Waals surface area contributed by atoms with Gasteiger partial charge in [-0.25, -0.2) is 4.98 Å². The lowest BCUT2D eigenvalue weighted by Crippen LogP contribution is -2.28. The molecule has 0 saturated carbocycles. The van der Waals surface area contributed by atoms with Crippen LogP contribution in [0, 0.1) is 0 Å². The van der Waals surface area contributed by atoms with Crippen LogP contribution in [0.25, 0.3) is 0 Å². The fourth-order valence-corrected chi connectivity index (χ4v) is 2.52. The zero-order chi connectivity index (χ0) is 12.2. The van der Waals surface area contributed by atoms with Crippen molar-refractivity contribution in [2.75, 3.05) is 6.54 Å². The molecule has 5 nitrogen and oxygen atoms in total. The molecule has 0 aliphatic heterocycles. The van der Waals surface area contributed by atoms with Gasteiger partial charge >= 0.3 is 0 Å². The van der Waals surface area contributed by atoms with Crippen molar-refractivity contribution in [2.45, 2.75) is 31.7 Å². The van der Waals surface area contributed by atoms with Gasteiger partial charge in [0, 0.05) is 25.2 Å². The average molecular weight is 243 g/mol. The van der Waals surface area contributed by atoms with Crippen LogP contribution in [-0.2, 0) is 12.8 Å². The summed E-state index contributed by atoms with van der Waals surface area (Å²) < 4.78 is 0. The SMILES string of the molecule is c1cnc2c(c1)CCCC2NCCc1ncn[nH]1. The lowest BCUT2D eigenvalue weighted by atomic mass is 9.92. The van der Waals surface area contributed by atoms with E-state index in [2.05, 4.69) is 31.5 Å². The minimum atomic E-state index is 0.387. The average Bonchev–Trinajstić information content (AvgIpc) is 2.92. The van der Waals surface area contributed by atoms with E-state index in [0.29, 0.717) is 6.04 Å². The van der Waals surface area contributed by atoms with Crippen LogP contribution in [0.1, 0.15) is 36.0 Å². The molecule has 2 aromatic rings. The second kappa shape index (κ2) is 5.27. The fourth-order valence-electron chi connectivity index (χ4n) is 2.52. The smallest absolute Gasteiger partial charge is 0.137 e. The minimum absolute atomic E-state index is 0.387. The number of rotatable bonds is 4. The summed E-state index contributed by atoms with van der Waals surface area (Å²) in [5.41, 5.74) is 2.61. The summed E-state index contributed by atoms with van der Waals surface area (Å²) >= 11 is 0. The van der Waals surface area contributed by atoms with E-state index < -0.39 is 0 Å². The first kappa shape index (κ1) is 11.3. The molecule has 0 saturated heterocycles. The molecule has 0 fully saturated rings. The van der Waals surface area contributed by atoms with Crippen LogP contribution in [0.3, 0.4) is 0 Å². The Kier molecular flexibility index (Phi) is 3.32. The Morgan fingerprint density at radius 2 is 2.39 bits per heavy atom. The predicted octanol–water partition coefficient (Wildman–Crippen LogP) is 1.41. The van der Waals surface area contributed by atoms with Crippen LogP contribution >= 0.6 is 0 Å². The maximum atomic E-state index is 4.52. The first-order valence-corrected chi connectivity index (χ1v) is 6.45. The number of nitrogens with zero attached hydrogens (tertiary/aromatic N) is 3. The van der Waals surface area contributed by atoms with E-state index in [1.165, 1.54) is 24.1 Å². The van der Waals surface area contributed by atoms with Gasteiger partial charge in [-0.3, -0.25) is 10.1 Å². The molecule has 0 amide bonds. The highest BCUT2D eigenvalue weighted by Gasteiger charge is 2.20. The Hall–Kier alpha value is -1.75. The number of pyridine rings is 1. The van der Waals surface area contributed by atoms with Crippen LogP contribution < -0.4 is 5.32 Å². The third kappa shape index (κ3) is 2.41. The van der Waals surface area contributed by atoms with E-state index in [4.69, 9.17) is 0 Å². The molecule has 2 aromatic heterocycles. The Morgan fingerprint density at radius 1 is 1.39 bits per heavy atom. The number of hydrogen-bond acceptors (Lipinski definition) is 4. The van der Waals surface area contributed by atoms with E-state index in [-0.39, 0.29) is 0 Å². The van der Waals surface area contributed by atoms with Crippen LogP contribution in [0.2, 0.25) is 0 Å². The van der Waals surface area contributed by atoms with E-state index >= 15 is 0 Å². The summed E-state index contributed by atoms with van der Waals surface area (Å²) in [6.07, 6.45) is 7.86. The summed E-state index contributed by atoms with van der Waals surface area (Å²) in [6.45, 7) is 0.899. The second-order valence-electron chi connectivity index (χ2n) is 4.63. The molecule has 94 valence electrons. The lowest BCUT2D eigenvalue weighted by Gasteiger charge is -2.25. The van der Waals surface area contributed by atoms with Crippen LogP contribution in [0.15, 0.2) is 24.7 Å². The van der Waals surface area contributed by atoms with Gasteiger partial charge in [0.2, 0.25) is 0 Å². The molecule has 0 bridgehead atoms. The third-order valence-electron chi connectivity index (χ3n) is 3.41. The van der Waals surface area contributed by atoms with Crippen molar-refractivity contribution in [1.82, 2.24) is 25.5 Å². The number of aromatic amines is 1. The number of H-pyrrole nitrogens is 1. The largest absolute Gasteiger partial charge is 0.308 e. The number of aryl methyl sites for hydroxylation is 1. The van der Waals surface area contributed by atoms with Gasteiger partial charge in [0.15, 0.2) is 0 Å². The molecule has 0 spiro atoms. The highest BCUT2D eigenvalue weighted by molar-refractivity contribution is 5.25. The summed E-state index contributed by atoms with van der Waals surface area (Å²) in [5, 5.41) is 10.3. The van der Waals surface area contributed by atoms with Crippen molar-refractivity contribution in [1.29, 1.82) is 0 Å². The van der Waals surface area contributed by atoms with Crippen molar-refractivity contribution < 1.29 is 0 Å². The molecular weight excluding hydrogens is 226 g/mol. The van der Waals surface area contributed by atoms with Gasteiger partial charge in [-0.1, -0.05) is 6.07 Å². The Bertz CT molecular complexity index is 494. The van der Waals surface area contributed by atoms with Gasteiger partial charge < -0.3 is 5.32 Å². The third-order valence-corrected chi connectivity index (χ3v) is 3.41. The van der Waals surface area contributed by atoms with Crippen molar-refractivity contribution in [3.63, 3.8) is 0 Å². The summed E-state index contributed by atoms with van der Waals surface area (Å²) in [7, 11) is 0. The van der Waals surface area contributed by atoms with Gasteiger partial charge in [0.05, 0.1) is 5.69 Å². The minimum Gasteiger partial charge on any atom is -0.308 e. The Labute approximate surface area is 106 Å². The van der Waals surface area contributed by atoms with Gasteiger partial charge in [0.25, 0.3) is 0 Å². The quantitative estimate of drug-likeness (QED) is 0.852. The monoisotopic (exact) mass is 243 g/mol. The molecule has 3 rings (SSSR count). The highest BCUT2D eigenvalue weighted by atomic mass is 15.2. The molecule has 18 heavy (non-hydrogen) atoms. The van der Waals surface area contributed by atoms with Crippen molar-refractivity contribution >= 4 is 0 Å². The van der Waals surface area contributed by atoms with E-state index in [9.17, 15) is 0 Å². The molecular formula is C13H17N5. The maximum absolute atomic E-state index is 4.52. The standard InChI is InChI=1S/C13H17N5/c1-3-10-4-2-7-15-13(10)11(5-1)14-8-6-12-16-9-17-18-12/h2,4,7,9,11,14H,1,3,5-6,8H2,(H,16,17,18). The molecule has 0 radical (unpaired) electrons. The summed E-state index contributed by atoms with van der Waals surface area (Å²) in [4.78, 5) is 8.64. The first-order chi connectivity index (χ1) is 8.93. The molecule has 1 unspecified atom stereocenters. The Balaban J connectivity index is 1.60. The van der Waals surface area contributed by atoms with Crippen molar-refractivity contribution in [2.24, 2.45) is 0 Å². The lowest BCUT2D eigenvalue weighted by molar-refractivity contribution is 0.449. The zero-order valence-corrected chi connectivity index (χ0v) is 10.3. The molecule has 1 aliphatic carbocycles. The molecule has 1 atom stereocenters. The van der Waals surface area contributed by atoms with Crippen LogP contribution in [-0.4, -0.2) is 26.7 Å². The Morgan fingerprint density at radius 3 is 3.28 bits per heavy atom. The summed E-state index contributed by atoms with van der Waals surface area (Å²) in [5.74, 6) is 0.930. The van der Waals surface area contributed by atoms with Gasteiger partial charge in [-0.05, 0) is 30.9 Å². The predicted molar refractivity (Wildman–Crippen MR) is 68.0 cm³/mol. The maximum Gasteiger partial charge on any atom is 0.137 e. The molecule has 1 aliphatic rings. The van der Waals surface area contributed by atoms with Gasteiger partial charge in [-0.15, -0.1) is 0 Å². The van der Waals surface area contributed by atoms with Crippen LogP contribution in [0.4, 0.5) is 0 Å². The van der Waals surface area contributed by atoms with Crippen LogP contribution in [0.5, 0.6) is 0 Å². The normalized spacial score (nSPS) is 18.6. The first-order valence-electron chi connectivity index (χ1n) is 6.45. The van der Waals surface area contributed by atoms with Crippen molar-refractivity contribution in [3.8, 4) is 0 Å². The molecule has 5 heteroatoms. The number of hydrogen-bond donors (Lipinski definition) is 2. The van der Waals surface area contributed by atoms with E-state index in [0.717, 1.165) is 25.2 Å². The van der Waals surface area contributed by atoms with E-state index in [1.807, 2.05) is 12.3 Å². The van der Waals surface area contributed by atoms with Crippen molar-refractivity contribution in [3.05, 3.63) is 41.7 Å². The molecule has 0 aromatic carbocycles. The van der Waals surface area contributed by atoms with Gasteiger partial charge in [-0.2, -0.15) is 5.10 Å². The number of aromatic nitrogens is 4. The topological polar surface area (TPSA) is 66.5 Å². The fraction of sp³-hybridized carbons (Fsp3) is 0.462. The van der Waals surface area contributed by atoms with Gasteiger partial charge in [0.1, 0.15) is 12.2 Å².